The summed E-state index contributed by atoms with van der Waals surface area (Å²) < 4.78 is 31.3. The number of rotatable bonds is 9. The van der Waals surface area contributed by atoms with E-state index in [2.05, 4.69) is 10.3 Å². The van der Waals surface area contributed by atoms with Crippen LogP contribution in [0.25, 0.3) is 0 Å². The summed E-state index contributed by atoms with van der Waals surface area (Å²) in [6.45, 7) is 8.06. The number of nitrogens with one attached hydrogen (secondary N) is 2. The Labute approximate surface area is 121 Å². The second-order valence-electron chi connectivity index (χ2n) is 4.89. The smallest absolute Gasteiger partial charge is 0.244 e. The van der Waals surface area contributed by atoms with E-state index in [0.29, 0.717) is 19.7 Å². The number of sulfonamides is 1. The first-order valence-corrected chi connectivity index (χ1v) is 8.28. The van der Waals surface area contributed by atoms with Crippen LogP contribution >= 0.6 is 0 Å². The van der Waals surface area contributed by atoms with E-state index in [1.54, 1.807) is 13.1 Å². The Morgan fingerprint density at radius 2 is 2.15 bits per heavy atom. The Hall–Kier alpha value is -0.890. The summed E-state index contributed by atoms with van der Waals surface area (Å²) in [5.41, 5.74) is 0.859. The Kier molecular flexibility index (Phi) is 6.67. The fourth-order valence-corrected chi connectivity index (χ4v) is 2.82. The molecule has 0 saturated carbocycles. The van der Waals surface area contributed by atoms with E-state index in [0.717, 1.165) is 12.2 Å². The summed E-state index contributed by atoms with van der Waals surface area (Å²) in [6, 6.07) is 1.66. The molecule has 7 heteroatoms. The van der Waals surface area contributed by atoms with Gasteiger partial charge in [-0.2, -0.15) is 4.31 Å². The average Bonchev–Trinajstić information content (AvgIpc) is 2.85. The molecule has 0 aromatic carbocycles. The molecule has 2 N–H and O–H groups in total. The summed E-state index contributed by atoms with van der Waals surface area (Å²) in [4.78, 5) is 3.27. The zero-order chi connectivity index (χ0) is 15.2. The van der Waals surface area contributed by atoms with Crippen LogP contribution in [-0.4, -0.2) is 50.6 Å². The van der Waals surface area contributed by atoms with E-state index in [4.69, 9.17) is 4.74 Å². The van der Waals surface area contributed by atoms with E-state index in [9.17, 15) is 8.42 Å². The number of aromatic nitrogens is 1. The SMILES string of the molecule is CCNCc1cc(S(=O)(=O)N(C)CCOC(C)C)c[nH]1. The van der Waals surface area contributed by atoms with Crippen LogP contribution in [0.4, 0.5) is 0 Å². The van der Waals surface area contributed by atoms with Crippen molar-refractivity contribution in [2.24, 2.45) is 0 Å². The zero-order valence-electron chi connectivity index (χ0n) is 12.6. The first kappa shape index (κ1) is 17.2. The second-order valence-corrected chi connectivity index (χ2v) is 6.93. The van der Waals surface area contributed by atoms with Crippen LogP contribution < -0.4 is 5.32 Å². The topological polar surface area (TPSA) is 74.4 Å². The molecule has 0 spiro atoms. The number of H-pyrrole nitrogens is 1. The van der Waals surface area contributed by atoms with Gasteiger partial charge in [-0.15, -0.1) is 0 Å². The predicted octanol–water partition coefficient (Wildman–Crippen LogP) is 1.17. The van der Waals surface area contributed by atoms with E-state index in [1.807, 2.05) is 20.8 Å². The maximum Gasteiger partial charge on any atom is 0.244 e. The van der Waals surface area contributed by atoms with Gasteiger partial charge >= 0.3 is 0 Å². The molecule has 0 aliphatic carbocycles. The van der Waals surface area contributed by atoms with Gasteiger partial charge in [-0.3, -0.25) is 0 Å². The molecule has 0 aliphatic heterocycles. The monoisotopic (exact) mass is 303 g/mol. The van der Waals surface area contributed by atoms with E-state index < -0.39 is 10.0 Å². The van der Waals surface area contributed by atoms with Crippen LogP contribution in [0.5, 0.6) is 0 Å². The minimum absolute atomic E-state index is 0.102. The van der Waals surface area contributed by atoms with Crippen molar-refractivity contribution in [1.82, 2.24) is 14.6 Å². The van der Waals surface area contributed by atoms with Crippen molar-refractivity contribution in [2.75, 3.05) is 26.7 Å². The fourth-order valence-electron chi connectivity index (χ4n) is 1.65. The van der Waals surface area contributed by atoms with Crippen molar-refractivity contribution in [2.45, 2.75) is 38.3 Å². The summed E-state index contributed by atoms with van der Waals surface area (Å²) in [5, 5.41) is 3.15. The van der Waals surface area contributed by atoms with Crippen LogP contribution in [0.3, 0.4) is 0 Å². The first-order chi connectivity index (χ1) is 9.37. The third-order valence-electron chi connectivity index (χ3n) is 2.85. The lowest BCUT2D eigenvalue weighted by Crippen LogP contribution is -2.30. The van der Waals surface area contributed by atoms with Gasteiger partial charge in [0.15, 0.2) is 0 Å². The Balaban J connectivity index is 2.64. The molecule has 0 aliphatic rings. The van der Waals surface area contributed by atoms with Gasteiger partial charge in [0.2, 0.25) is 10.0 Å². The van der Waals surface area contributed by atoms with Crippen molar-refractivity contribution >= 4 is 10.0 Å². The fraction of sp³-hybridized carbons (Fsp3) is 0.692. The molecule has 116 valence electrons. The molecular formula is C13H25N3O3S. The van der Waals surface area contributed by atoms with E-state index in [1.165, 1.54) is 10.5 Å². The maximum atomic E-state index is 12.3. The Bertz CT molecular complexity index is 497. The summed E-state index contributed by atoms with van der Waals surface area (Å²) in [7, 11) is -1.88. The lowest BCUT2D eigenvalue weighted by molar-refractivity contribution is 0.0737. The number of likely N-dealkylation sites (N-methyl/N-ethyl adjacent to an activating group) is 1. The summed E-state index contributed by atoms with van der Waals surface area (Å²) in [6.07, 6.45) is 1.63. The lowest BCUT2D eigenvalue weighted by Gasteiger charge is -2.17. The zero-order valence-corrected chi connectivity index (χ0v) is 13.5. The van der Waals surface area contributed by atoms with Gasteiger partial charge in [0.1, 0.15) is 0 Å². The van der Waals surface area contributed by atoms with Gasteiger partial charge in [0.05, 0.1) is 17.6 Å². The molecule has 0 fully saturated rings. The van der Waals surface area contributed by atoms with Crippen molar-refractivity contribution in [3.05, 3.63) is 18.0 Å². The van der Waals surface area contributed by atoms with Crippen LogP contribution in [-0.2, 0) is 21.3 Å². The quantitative estimate of drug-likeness (QED) is 0.718. The molecule has 0 radical (unpaired) electrons. The van der Waals surface area contributed by atoms with Gasteiger partial charge in [-0.05, 0) is 26.5 Å². The highest BCUT2D eigenvalue weighted by molar-refractivity contribution is 7.89. The number of nitrogens with zero attached hydrogens (tertiary/aromatic N) is 1. The Morgan fingerprint density at radius 3 is 2.75 bits per heavy atom. The molecule has 0 saturated heterocycles. The number of ether oxygens (including phenoxy) is 1. The standard InChI is InChI=1S/C13H25N3O3S/c1-5-14-9-12-8-13(10-15-12)20(17,18)16(4)6-7-19-11(2)3/h8,10-11,14-15H,5-7,9H2,1-4H3. The molecule has 6 nitrogen and oxygen atoms in total. The number of hydrogen-bond acceptors (Lipinski definition) is 4. The van der Waals surface area contributed by atoms with Gasteiger partial charge in [-0.25, -0.2) is 8.42 Å². The van der Waals surface area contributed by atoms with E-state index >= 15 is 0 Å². The molecule has 1 heterocycles. The first-order valence-electron chi connectivity index (χ1n) is 6.84. The summed E-state index contributed by atoms with van der Waals surface area (Å²) >= 11 is 0. The molecule has 0 bridgehead atoms. The average molecular weight is 303 g/mol. The minimum Gasteiger partial charge on any atom is -0.377 e. The van der Waals surface area contributed by atoms with Gasteiger partial charge in [-0.1, -0.05) is 6.92 Å². The van der Waals surface area contributed by atoms with Crippen LogP contribution in [0.15, 0.2) is 17.2 Å². The van der Waals surface area contributed by atoms with Crippen molar-refractivity contribution in [3.63, 3.8) is 0 Å². The molecule has 0 atom stereocenters. The number of aromatic amines is 1. The maximum absolute atomic E-state index is 12.3. The van der Waals surface area contributed by atoms with Crippen LogP contribution in [0.2, 0.25) is 0 Å². The largest absolute Gasteiger partial charge is 0.377 e. The third-order valence-corrected chi connectivity index (χ3v) is 4.68. The molecular weight excluding hydrogens is 278 g/mol. The molecule has 1 aromatic rings. The lowest BCUT2D eigenvalue weighted by atomic mass is 10.4. The minimum atomic E-state index is -3.45. The van der Waals surface area contributed by atoms with Crippen molar-refractivity contribution in [1.29, 1.82) is 0 Å². The Morgan fingerprint density at radius 1 is 1.45 bits per heavy atom. The molecule has 20 heavy (non-hydrogen) atoms. The second kappa shape index (κ2) is 7.78. The van der Waals surface area contributed by atoms with Crippen molar-refractivity contribution < 1.29 is 13.2 Å². The molecule has 0 unspecified atom stereocenters. The highest BCUT2D eigenvalue weighted by Crippen LogP contribution is 2.15. The van der Waals surface area contributed by atoms with E-state index in [-0.39, 0.29) is 11.0 Å². The highest BCUT2D eigenvalue weighted by atomic mass is 32.2. The number of hydrogen-bond donors (Lipinski definition) is 2. The normalized spacial score (nSPS) is 12.5. The third kappa shape index (κ3) is 4.90. The van der Waals surface area contributed by atoms with Gasteiger partial charge < -0.3 is 15.0 Å². The van der Waals surface area contributed by atoms with Crippen molar-refractivity contribution in [3.8, 4) is 0 Å². The molecule has 1 aromatic heterocycles. The van der Waals surface area contributed by atoms with Gasteiger partial charge in [0, 0.05) is 32.0 Å². The molecule has 0 amide bonds. The summed E-state index contributed by atoms with van der Waals surface area (Å²) in [5.74, 6) is 0. The molecule has 1 rings (SSSR count). The predicted molar refractivity (Wildman–Crippen MR) is 79.1 cm³/mol. The highest BCUT2D eigenvalue weighted by Gasteiger charge is 2.21. The van der Waals surface area contributed by atoms with Crippen LogP contribution in [0, 0.1) is 0 Å². The van der Waals surface area contributed by atoms with Crippen LogP contribution in [0.1, 0.15) is 26.5 Å². The van der Waals surface area contributed by atoms with Gasteiger partial charge in [0.25, 0.3) is 0 Å².